The number of ether oxygens (including phenoxy) is 1. The number of nitrogens with zero attached hydrogens (tertiary/aromatic N) is 2. The molecule has 0 saturated carbocycles. The minimum absolute atomic E-state index is 0.208. The molecule has 0 aliphatic rings. The van der Waals surface area contributed by atoms with Crippen molar-refractivity contribution < 1.29 is 9.13 Å². The molecule has 24 heavy (non-hydrogen) atoms. The maximum atomic E-state index is 14.4. The average molecular weight is 351 g/mol. The first-order chi connectivity index (χ1) is 11.2. The first-order valence-corrected chi connectivity index (χ1v) is 12.7. The summed E-state index contributed by atoms with van der Waals surface area (Å²) in [5, 5.41) is 0. The van der Waals surface area contributed by atoms with Crippen LogP contribution in [-0.4, -0.2) is 24.2 Å². The van der Waals surface area contributed by atoms with Crippen LogP contribution in [0.15, 0.2) is 12.3 Å². The third-order valence-corrected chi connectivity index (χ3v) is 5.95. The molecule has 0 aliphatic carbocycles. The molecule has 2 aromatic heterocycles. The van der Waals surface area contributed by atoms with Crippen molar-refractivity contribution in [1.82, 2.24) is 9.55 Å². The molecule has 5 heteroatoms. The van der Waals surface area contributed by atoms with Crippen LogP contribution in [0.5, 0.6) is 0 Å². The maximum absolute atomic E-state index is 14.4. The molecule has 3 nitrogen and oxygen atoms in total. The molecule has 134 valence electrons. The summed E-state index contributed by atoms with van der Waals surface area (Å²) in [7, 11) is -1.10. The van der Waals surface area contributed by atoms with E-state index in [4.69, 9.17) is 4.74 Å². The highest BCUT2D eigenvalue weighted by atomic mass is 28.3. The van der Waals surface area contributed by atoms with E-state index in [-0.39, 0.29) is 5.82 Å². The number of pyridine rings is 1. The molecule has 0 amide bonds. The zero-order valence-electron chi connectivity index (χ0n) is 15.9. The highest BCUT2D eigenvalue weighted by Gasteiger charge is 2.18. The molecule has 0 bridgehead atoms. The number of aromatic nitrogens is 2. The lowest BCUT2D eigenvalue weighted by atomic mass is 10.0. The van der Waals surface area contributed by atoms with E-state index in [1.54, 1.807) is 0 Å². The van der Waals surface area contributed by atoms with Crippen molar-refractivity contribution >= 4 is 19.1 Å². The minimum atomic E-state index is -1.10. The van der Waals surface area contributed by atoms with Crippen LogP contribution in [-0.2, 0) is 24.3 Å². The van der Waals surface area contributed by atoms with Gasteiger partial charge >= 0.3 is 0 Å². The Labute approximate surface area is 146 Å². The maximum Gasteiger partial charge on any atom is 0.146 e. The number of rotatable bonds is 8. The fourth-order valence-corrected chi connectivity index (χ4v) is 3.65. The summed E-state index contributed by atoms with van der Waals surface area (Å²) in [5.74, 6) is 0.187. The molecule has 0 aliphatic heterocycles. The van der Waals surface area contributed by atoms with Gasteiger partial charge < -0.3 is 9.30 Å². The van der Waals surface area contributed by atoms with Crippen molar-refractivity contribution in [2.75, 3.05) is 6.61 Å². The Balaban J connectivity index is 2.34. The standard InChI is InChI=1S/C19H31FN2OSi/c1-7-15-11-18-19(16(10-14(2)3)17(20)12-21-18)22(15)13-23-8-9-24(4,5)6/h11-12,14H,7-10,13H2,1-6H3. The summed E-state index contributed by atoms with van der Waals surface area (Å²) in [5.41, 5.74) is 3.70. The van der Waals surface area contributed by atoms with Crippen molar-refractivity contribution in [3.8, 4) is 0 Å². The van der Waals surface area contributed by atoms with Gasteiger partial charge in [-0.3, -0.25) is 4.98 Å². The zero-order chi connectivity index (χ0) is 17.9. The van der Waals surface area contributed by atoms with E-state index in [0.29, 0.717) is 19.1 Å². The van der Waals surface area contributed by atoms with Gasteiger partial charge in [-0.25, -0.2) is 4.39 Å². The smallest absolute Gasteiger partial charge is 0.146 e. The van der Waals surface area contributed by atoms with Gasteiger partial charge in [0.05, 0.1) is 17.2 Å². The van der Waals surface area contributed by atoms with E-state index in [0.717, 1.165) is 41.4 Å². The second-order valence-electron chi connectivity index (χ2n) is 8.18. The summed E-state index contributed by atoms with van der Waals surface area (Å²) in [6, 6.07) is 3.21. The highest BCUT2D eigenvalue weighted by molar-refractivity contribution is 6.76. The Bertz CT molecular complexity index is 689. The molecule has 2 rings (SSSR count). The molecule has 0 aromatic carbocycles. The topological polar surface area (TPSA) is 27.1 Å². The van der Waals surface area contributed by atoms with Crippen LogP contribution in [0.25, 0.3) is 11.0 Å². The molecule has 0 unspecified atom stereocenters. The van der Waals surface area contributed by atoms with Gasteiger partial charge in [-0.05, 0) is 30.9 Å². The average Bonchev–Trinajstić information content (AvgIpc) is 2.83. The second kappa shape index (κ2) is 7.79. The Morgan fingerprint density at radius 2 is 2.00 bits per heavy atom. The van der Waals surface area contributed by atoms with Gasteiger partial charge in [-0.15, -0.1) is 0 Å². The predicted octanol–water partition coefficient (Wildman–Crippen LogP) is 5.25. The number of hydrogen-bond acceptors (Lipinski definition) is 2. The van der Waals surface area contributed by atoms with Crippen LogP contribution >= 0.6 is 0 Å². The molecule has 0 fully saturated rings. The van der Waals surface area contributed by atoms with Crippen molar-refractivity contribution in [1.29, 1.82) is 0 Å². The molecule has 2 heterocycles. The molecular formula is C19H31FN2OSi. The van der Waals surface area contributed by atoms with Crippen molar-refractivity contribution in [3.63, 3.8) is 0 Å². The van der Waals surface area contributed by atoms with E-state index < -0.39 is 8.07 Å². The van der Waals surface area contributed by atoms with Crippen LogP contribution in [0.2, 0.25) is 25.7 Å². The van der Waals surface area contributed by atoms with Gasteiger partial charge in [0.15, 0.2) is 0 Å². The fourth-order valence-electron chi connectivity index (χ4n) is 2.90. The lowest BCUT2D eigenvalue weighted by Crippen LogP contribution is -2.22. The van der Waals surface area contributed by atoms with E-state index in [1.165, 1.54) is 6.20 Å². The van der Waals surface area contributed by atoms with E-state index in [9.17, 15) is 4.39 Å². The highest BCUT2D eigenvalue weighted by Crippen LogP contribution is 2.26. The van der Waals surface area contributed by atoms with Crippen LogP contribution in [0.1, 0.15) is 32.0 Å². The van der Waals surface area contributed by atoms with Gasteiger partial charge in [-0.2, -0.15) is 0 Å². The first kappa shape index (κ1) is 19.1. The fraction of sp³-hybridized carbons (Fsp3) is 0.632. The second-order valence-corrected chi connectivity index (χ2v) is 13.8. The third-order valence-electron chi connectivity index (χ3n) is 4.25. The van der Waals surface area contributed by atoms with Gasteiger partial charge in [0.25, 0.3) is 0 Å². The van der Waals surface area contributed by atoms with Crippen LogP contribution in [0.4, 0.5) is 4.39 Å². The van der Waals surface area contributed by atoms with Gasteiger partial charge in [0, 0.05) is 25.9 Å². The summed E-state index contributed by atoms with van der Waals surface area (Å²) in [4.78, 5) is 4.30. The number of halogens is 1. The summed E-state index contributed by atoms with van der Waals surface area (Å²) in [6.45, 7) is 14.6. The monoisotopic (exact) mass is 350 g/mol. The first-order valence-electron chi connectivity index (χ1n) is 8.96. The third kappa shape index (κ3) is 4.67. The van der Waals surface area contributed by atoms with Crippen LogP contribution < -0.4 is 0 Å². The van der Waals surface area contributed by atoms with E-state index >= 15 is 0 Å². The molecule has 0 radical (unpaired) electrons. The molecular weight excluding hydrogens is 319 g/mol. The Morgan fingerprint density at radius 3 is 2.58 bits per heavy atom. The predicted molar refractivity (Wildman–Crippen MR) is 102 cm³/mol. The zero-order valence-corrected chi connectivity index (χ0v) is 16.9. The van der Waals surface area contributed by atoms with Crippen LogP contribution in [0.3, 0.4) is 0 Å². The normalized spacial score (nSPS) is 12.5. The van der Waals surface area contributed by atoms with E-state index in [1.807, 2.05) is 0 Å². The molecule has 0 spiro atoms. The molecule has 0 N–H and O–H groups in total. The Hall–Kier alpha value is -1.20. The van der Waals surface area contributed by atoms with Crippen LogP contribution in [0, 0.1) is 11.7 Å². The SMILES string of the molecule is CCc1cc2ncc(F)c(CC(C)C)c2n1COCC[Si](C)(C)C. The molecule has 0 saturated heterocycles. The Kier molecular flexibility index (Phi) is 6.20. The van der Waals surface area contributed by atoms with Crippen molar-refractivity contribution in [2.24, 2.45) is 5.92 Å². The number of hydrogen-bond donors (Lipinski definition) is 0. The Morgan fingerprint density at radius 1 is 1.29 bits per heavy atom. The largest absolute Gasteiger partial charge is 0.361 e. The lowest BCUT2D eigenvalue weighted by molar-refractivity contribution is 0.0884. The summed E-state index contributed by atoms with van der Waals surface area (Å²) >= 11 is 0. The molecule has 0 atom stereocenters. The van der Waals surface area contributed by atoms with Crippen molar-refractivity contribution in [2.45, 2.75) is 66.0 Å². The quantitative estimate of drug-likeness (QED) is 0.480. The summed E-state index contributed by atoms with van der Waals surface area (Å²) < 4.78 is 22.5. The van der Waals surface area contributed by atoms with Crippen molar-refractivity contribution in [3.05, 3.63) is 29.3 Å². The number of aryl methyl sites for hydroxylation is 1. The number of fused-ring (bicyclic) bond motifs is 1. The van der Waals surface area contributed by atoms with Gasteiger partial charge in [0.2, 0.25) is 0 Å². The summed E-state index contributed by atoms with van der Waals surface area (Å²) in [6.07, 6.45) is 2.96. The molecule has 2 aromatic rings. The van der Waals surface area contributed by atoms with E-state index in [2.05, 4.69) is 56.0 Å². The minimum Gasteiger partial charge on any atom is -0.361 e. The lowest BCUT2D eigenvalue weighted by Gasteiger charge is -2.17. The van der Waals surface area contributed by atoms with Gasteiger partial charge in [-0.1, -0.05) is 40.4 Å². The van der Waals surface area contributed by atoms with Gasteiger partial charge in [0.1, 0.15) is 12.5 Å².